The zero-order chi connectivity index (χ0) is 17.6. The summed E-state index contributed by atoms with van der Waals surface area (Å²) >= 11 is 0. The van der Waals surface area contributed by atoms with E-state index in [-0.39, 0.29) is 11.5 Å². The summed E-state index contributed by atoms with van der Waals surface area (Å²) in [4.78, 5) is 23.9. The van der Waals surface area contributed by atoms with Crippen LogP contribution in [-0.4, -0.2) is 21.5 Å². The highest BCUT2D eigenvalue weighted by Gasteiger charge is 2.15. The van der Waals surface area contributed by atoms with Gasteiger partial charge in [-0.3, -0.25) is 14.3 Å². The van der Waals surface area contributed by atoms with E-state index in [9.17, 15) is 9.59 Å². The molecular weight excluding hydrogens is 320 g/mol. The van der Waals surface area contributed by atoms with Gasteiger partial charge in [0, 0.05) is 18.8 Å². The lowest BCUT2D eigenvalue weighted by molar-refractivity contribution is -0.112. The molecule has 132 valence electrons. The Kier molecular flexibility index (Phi) is 5.33. The minimum absolute atomic E-state index is 0.135. The van der Waals surface area contributed by atoms with Crippen LogP contribution in [0.4, 0.5) is 5.69 Å². The van der Waals surface area contributed by atoms with Crippen molar-refractivity contribution in [1.29, 1.82) is 0 Å². The number of carbonyl (C=O) groups is 2. The lowest BCUT2D eigenvalue weighted by Gasteiger charge is -2.21. The third kappa shape index (κ3) is 4.59. The fourth-order valence-electron chi connectivity index (χ4n) is 3.06. The van der Waals surface area contributed by atoms with Crippen molar-refractivity contribution in [3.63, 3.8) is 0 Å². The average Bonchev–Trinajstić information content (AvgIpc) is 3.28. The molecule has 0 spiro atoms. The first-order valence-electron chi connectivity index (χ1n) is 8.50. The van der Waals surface area contributed by atoms with Crippen LogP contribution in [0.1, 0.15) is 42.7 Å². The number of ketones is 1. The molecule has 7 heteroatoms. The Morgan fingerprint density at radius 2 is 2.16 bits per heavy atom. The monoisotopic (exact) mass is 342 g/mol. The minimum atomic E-state index is -0.544. The lowest BCUT2D eigenvalue weighted by Crippen LogP contribution is -2.21. The van der Waals surface area contributed by atoms with E-state index in [1.165, 1.54) is 44.4 Å². The maximum atomic E-state index is 12.1. The number of nitrogens with one attached hydrogen (secondary N) is 1. The Bertz CT molecular complexity index is 755. The summed E-state index contributed by atoms with van der Waals surface area (Å²) in [5.41, 5.74) is 6.07. The van der Waals surface area contributed by atoms with E-state index in [4.69, 9.17) is 10.2 Å². The van der Waals surface area contributed by atoms with Crippen LogP contribution in [0, 0.1) is 5.92 Å². The predicted molar refractivity (Wildman–Crippen MR) is 92.7 cm³/mol. The van der Waals surface area contributed by atoms with Crippen molar-refractivity contribution >= 4 is 17.4 Å². The lowest BCUT2D eigenvalue weighted by atomic mass is 9.89. The van der Waals surface area contributed by atoms with Gasteiger partial charge in [0.15, 0.2) is 5.76 Å². The van der Waals surface area contributed by atoms with Crippen LogP contribution in [0.2, 0.25) is 0 Å². The van der Waals surface area contributed by atoms with Crippen LogP contribution in [0.3, 0.4) is 0 Å². The molecule has 1 aliphatic rings. The van der Waals surface area contributed by atoms with Gasteiger partial charge in [0.05, 0.1) is 18.1 Å². The quantitative estimate of drug-likeness (QED) is 0.620. The van der Waals surface area contributed by atoms with Crippen LogP contribution in [0.5, 0.6) is 0 Å². The molecule has 1 amide bonds. The highest BCUT2D eigenvalue weighted by molar-refractivity contribution is 6.11. The second-order valence-corrected chi connectivity index (χ2v) is 6.35. The van der Waals surface area contributed by atoms with Gasteiger partial charge in [-0.1, -0.05) is 19.3 Å². The smallest absolute Gasteiger partial charge is 0.271 e. The maximum absolute atomic E-state index is 12.1. The second kappa shape index (κ2) is 7.83. The zero-order valence-corrected chi connectivity index (χ0v) is 14.0. The highest BCUT2D eigenvalue weighted by atomic mass is 16.3. The van der Waals surface area contributed by atoms with Crippen molar-refractivity contribution in [2.75, 3.05) is 5.32 Å². The molecule has 0 unspecified atom stereocenters. The Morgan fingerprint density at radius 1 is 1.36 bits per heavy atom. The van der Waals surface area contributed by atoms with Gasteiger partial charge in [-0.25, -0.2) is 0 Å². The molecular formula is C18H22N4O3. The minimum Gasteiger partial charge on any atom is -0.461 e. The molecule has 2 heterocycles. The maximum Gasteiger partial charge on any atom is 0.271 e. The summed E-state index contributed by atoms with van der Waals surface area (Å²) in [5.74, 6) is -0.216. The Morgan fingerprint density at radius 3 is 2.88 bits per heavy atom. The number of rotatable bonds is 6. The van der Waals surface area contributed by atoms with Gasteiger partial charge < -0.3 is 15.5 Å². The Balaban J connectivity index is 1.56. The molecule has 25 heavy (non-hydrogen) atoms. The first-order valence-corrected chi connectivity index (χ1v) is 8.50. The van der Waals surface area contributed by atoms with Crippen LogP contribution in [0.15, 0.2) is 47.0 Å². The van der Waals surface area contributed by atoms with E-state index in [2.05, 4.69) is 10.4 Å². The van der Waals surface area contributed by atoms with Crippen molar-refractivity contribution in [2.24, 2.45) is 11.7 Å². The molecule has 0 saturated heterocycles. The van der Waals surface area contributed by atoms with E-state index in [0.29, 0.717) is 11.6 Å². The van der Waals surface area contributed by atoms with Crippen molar-refractivity contribution in [2.45, 2.75) is 38.6 Å². The molecule has 0 radical (unpaired) electrons. The van der Waals surface area contributed by atoms with E-state index >= 15 is 0 Å². The molecule has 0 bridgehead atoms. The van der Waals surface area contributed by atoms with Crippen molar-refractivity contribution in [1.82, 2.24) is 9.78 Å². The van der Waals surface area contributed by atoms with Crippen LogP contribution < -0.4 is 11.1 Å². The summed E-state index contributed by atoms with van der Waals surface area (Å²) in [6.07, 6.45) is 12.1. The zero-order valence-electron chi connectivity index (χ0n) is 14.0. The number of amides is 1. The summed E-state index contributed by atoms with van der Waals surface area (Å²) in [6.45, 7) is 0.859. The van der Waals surface area contributed by atoms with Crippen LogP contribution in [-0.2, 0) is 11.3 Å². The standard InChI is InChI=1S/C18H22N4O3/c19-15(9-16(23)17-7-4-8-25-17)18(24)21-14-10-20-22(12-14)11-13-5-2-1-3-6-13/h4,7-10,12-13H,1-3,5-6,11,19H2,(H,21,24). The van der Waals surface area contributed by atoms with E-state index in [1.807, 2.05) is 4.68 Å². The fraction of sp³-hybridized carbons (Fsp3) is 0.389. The molecule has 0 aromatic carbocycles. The molecule has 0 aliphatic heterocycles. The first-order chi connectivity index (χ1) is 12.1. The number of anilines is 1. The Hall–Kier alpha value is -2.83. The van der Waals surface area contributed by atoms with Gasteiger partial charge in [-0.15, -0.1) is 0 Å². The summed E-state index contributed by atoms with van der Waals surface area (Å²) in [7, 11) is 0. The molecule has 1 fully saturated rings. The van der Waals surface area contributed by atoms with E-state index in [0.717, 1.165) is 12.6 Å². The third-order valence-electron chi connectivity index (χ3n) is 4.37. The number of nitrogens with two attached hydrogens (primary N) is 1. The predicted octanol–water partition coefficient (Wildman–Crippen LogP) is 2.72. The van der Waals surface area contributed by atoms with Crippen molar-refractivity contribution in [3.8, 4) is 0 Å². The highest BCUT2D eigenvalue weighted by Crippen LogP contribution is 2.25. The molecule has 2 aromatic rings. The largest absolute Gasteiger partial charge is 0.461 e. The number of aromatic nitrogens is 2. The van der Waals surface area contributed by atoms with E-state index in [1.54, 1.807) is 18.5 Å². The summed E-state index contributed by atoms with van der Waals surface area (Å²) < 4.78 is 6.82. The number of furan rings is 1. The Labute approximate surface area is 145 Å². The van der Waals surface area contributed by atoms with Gasteiger partial charge in [0.25, 0.3) is 5.91 Å². The molecule has 7 nitrogen and oxygen atoms in total. The van der Waals surface area contributed by atoms with Gasteiger partial charge in [-0.05, 0) is 30.9 Å². The number of nitrogens with zero attached hydrogens (tertiary/aromatic N) is 2. The number of hydrogen-bond acceptors (Lipinski definition) is 5. The van der Waals surface area contributed by atoms with E-state index < -0.39 is 11.7 Å². The molecule has 2 aromatic heterocycles. The third-order valence-corrected chi connectivity index (χ3v) is 4.37. The molecule has 1 aliphatic carbocycles. The summed E-state index contributed by atoms with van der Waals surface area (Å²) in [6, 6.07) is 3.11. The fourth-order valence-corrected chi connectivity index (χ4v) is 3.06. The molecule has 0 atom stereocenters. The average molecular weight is 342 g/mol. The number of hydrogen-bond donors (Lipinski definition) is 2. The van der Waals surface area contributed by atoms with Gasteiger partial charge in [0.1, 0.15) is 5.70 Å². The van der Waals surface area contributed by atoms with Crippen molar-refractivity contribution in [3.05, 3.63) is 48.3 Å². The number of carbonyl (C=O) groups excluding carboxylic acids is 2. The van der Waals surface area contributed by atoms with Crippen molar-refractivity contribution < 1.29 is 14.0 Å². The molecule has 3 N–H and O–H groups in total. The summed E-state index contributed by atoms with van der Waals surface area (Å²) in [5, 5.41) is 6.94. The molecule has 3 rings (SSSR count). The van der Waals surface area contributed by atoms with Crippen LogP contribution in [0.25, 0.3) is 0 Å². The second-order valence-electron chi connectivity index (χ2n) is 6.35. The van der Waals surface area contributed by atoms with Gasteiger partial charge >= 0.3 is 0 Å². The first kappa shape index (κ1) is 17.0. The van der Waals surface area contributed by atoms with Gasteiger partial charge in [0.2, 0.25) is 5.78 Å². The van der Waals surface area contributed by atoms with Gasteiger partial charge in [-0.2, -0.15) is 5.10 Å². The molecule has 1 saturated carbocycles. The topological polar surface area (TPSA) is 103 Å². The number of allylic oxidation sites excluding steroid dienone is 1. The SMILES string of the molecule is NC(=CC(=O)c1ccco1)C(=O)Nc1cnn(CC2CCCCC2)c1. The normalized spacial score (nSPS) is 15.9. The van der Waals surface area contributed by atoms with Crippen LogP contribution >= 0.6 is 0 Å².